The average molecular weight is 1410 g/mol. The molecule has 11 aliphatic rings. The molecule has 0 bridgehead atoms. The number of fused-ring (bicyclic) bond motifs is 7. The maximum absolute atomic E-state index is 15.6. The Morgan fingerprint density at radius 3 is 1.79 bits per heavy atom. The van der Waals surface area contributed by atoms with Gasteiger partial charge in [-0.2, -0.15) is 0 Å². The highest BCUT2D eigenvalue weighted by atomic mass is 16.8. The standard InChI is InChI=1S/C64H100O34/c1-23-33(70)39(76)46(96-52-44(81)40(77)45(24(2)91-52)95-50-41(78)36(73)31(19-87-50)94-55-48(82)64(86,22-89-55)21-88-51-42(79)37(74)34(71)29(17-65)92-51)54(90-23)98-57(85)62-11-10-58(3,4)15-26(62)25-14-27(68)47-59(5)16-28(69)49(97-53-43(80)38(75)35(72)30(18-66)93-53)61(7,56(83)84)32(59)8-9-60(47,6)63(25,20-67)13-12-62/h14,23-24,26,28-55,65-67,69-82,86H,8-13,15-22H2,1-7H3,(H,83,84)/t23-,24+,26+,28+,29-,30-,31+,32-,33+,34+,35-,36+,37+,38+,39+,40+,41-,42-,43-,44-,45+,46-,47-,48+,49+,50+,51-,52+,53-,54+,55+,59+,60-,61+,62+,63+,64-/m1/s1. The lowest BCUT2D eigenvalue weighted by Crippen LogP contribution is -2.72. The molecule has 0 aromatic heterocycles. The van der Waals surface area contributed by atoms with E-state index in [2.05, 4.69) is 0 Å². The molecule has 34 heteroatoms. The molecule has 0 aromatic rings. The smallest absolute Gasteiger partial charge is 0.315 e. The first kappa shape index (κ1) is 76.3. The van der Waals surface area contributed by atoms with Crippen LogP contribution < -0.4 is 0 Å². The number of hydrogen-bond acceptors (Lipinski definition) is 33. The van der Waals surface area contributed by atoms with Gasteiger partial charge in [-0.1, -0.05) is 33.3 Å². The number of esters is 1. The van der Waals surface area contributed by atoms with Crippen molar-refractivity contribution in [2.75, 3.05) is 39.6 Å². The van der Waals surface area contributed by atoms with Crippen LogP contribution in [0.3, 0.4) is 0 Å². The molecule has 34 nitrogen and oxygen atoms in total. The van der Waals surface area contributed by atoms with Crippen LogP contribution in [0.5, 0.6) is 0 Å². The summed E-state index contributed by atoms with van der Waals surface area (Å²) in [5.41, 5.74) is -9.34. The fourth-order valence-electron chi connectivity index (χ4n) is 18.8. The highest BCUT2D eigenvalue weighted by Gasteiger charge is 2.76. The molecule has 11 rings (SSSR count). The molecule has 37 atom stereocenters. The zero-order valence-electron chi connectivity index (χ0n) is 55.5. The molecule has 0 spiro atoms. The number of rotatable bonds is 17. The summed E-state index contributed by atoms with van der Waals surface area (Å²) in [6, 6.07) is 0. The molecule has 6 aliphatic heterocycles. The van der Waals surface area contributed by atoms with Crippen LogP contribution >= 0.6 is 0 Å². The molecule has 10 fully saturated rings. The predicted molar refractivity (Wildman–Crippen MR) is 318 cm³/mol. The number of allylic oxidation sites excluding steroid dienone is 1. The molecule has 0 amide bonds. The van der Waals surface area contributed by atoms with Gasteiger partial charge in [0.15, 0.2) is 43.3 Å². The molecule has 6 saturated heterocycles. The van der Waals surface area contributed by atoms with E-state index in [9.17, 15) is 102 Å². The van der Waals surface area contributed by atoms with Crippen molar-refractivity contribution >= 4 is 17.7 Å². The van der Waals surface area contributed by atoms with Crippen LogP contribution in [-0.2, 0) is 71.2 Å². The van der Waals surface area contributed by atoms with E-state index >= 15 is 9.59 Å². The summed E-state index contributed by atoms with van der Waals surface area (Å²) in [4.78, 5) is 44.9. The summed E-state index contributed by atoms with van der Waals surface area (Å²) in [6.45, 7) is 7.73. The van der Waals surface area contributed by atoms with Gasteiger partial charge in [0, 0.05) is 11.3 Å². The Morgan fingerprint density at radius 1 is 0.582 bits per heavy atom. The zero-order valence-corrected chi connectivity index (χ0v) is 55.5. The Balaban J connectivity index is 0.766. The monoisotopic (exact) mass is 1410 g/mol. The Hall–Kier alpha value is -2.81. The Labute approximate surface area is 563 Å². The second kappa shape index (κ2) is 27.9. The number of carbonyl (C=O) groups excluding carboxylic acids is 2. The lowest BCUT2D eigenvalue weighted by atomic mass is 9.33. The minimum absolute atomic E-state index is 0.0714. The number of aliphatic carboxylic acids is 1. The second-order valence-electron chi connectivity index (χ2n) is 31.0. The largest absolute Gasteiger partial charge is 0.481 e. The van der Waals surface area contributed by atoms with Crippen molar-refractivity contribution in [3.8, 4) is 0 Å². The number of carboxylic acid groups (broad SMARTS) is 1. The number of aliphatic hydroxyl groups excluding tert-OH is 17. The maximum Gasteiger partial charge on any atom is 0.315 e. The first-order chi connectivity index (χ1) is 45.8. The third-order valence-corrected chi connectivity index (χ3v) is 24.7. The highest BCUT2D eigenvalue weighted by molar-refractivity contribution is 5.96. The fraction of sp³-hybridized carbons (Fsp3) is 0.922. The van der Waals surface area contributed by atoms with Crippen molar-refractivity contribution in [1.82, 2.24) is 0 Å². The first-order valence-corrected chi connectivity index (χ1v) is 33.7. The zero-order chi connectivity index (χ0) is 71.8. The molecule has 4 saturated carbocycles. The van der Waals surface area contributed by atoms with Gasteiger partial charge in [0.1, 0.15) is 115 Å². The number of carbonyl (C=O) groups is 3. The third-order valence-electron chi connectivity index (χ3n) is 24.7. The molecule has 560 valence electrons. The van der Waals surface area contributed by atoms with Gasteiger partial charge in [-0.15, -0.1) is 0 Å². The van der Waals surface area contributed by atoms with Gasteiger partial charge in [-0.05, 0) is 106 Å². The molecule has 5 aliphatic carbocycles. The van der Waals surface area contributed by atoms with E-state index in [1.807, 2.05) is 20.8 Å². The Kier molecular flexibility index (Phi) is 21.7. The molecule has 6 heterocycles. The lowest BCUT2D eigenvalue weighted by Gasteiger charge is -2.70. The lowest BCUT2D eigenvalue weighted by molar-refractivity contribution is -0.375. The maximum atomic E-state index is 15.6. The summed E-state index contributed by atoms with van der Waals surface area (Å²) < 4.78 is 69.7. The van der Waals surface area contributed by atoms with Crippen LogP contribution in [0.4, 0.5) is 0 Å². The molecule has 19 N–H and O–H groups in total. The number of carboxylic acids is 1. The van der Waals surface area contributed by atoms with E-state index in [0.29, 0.717) is 18.4 Å². The SMILES string of the molecule is C[C@@H]1O[C@@H](O[C@H]2[C@H](OC(=O)[C@]34CCC(C)(C)C[C@H]3C3=CC(=O)[C@@H]5[C@@]6(C)C[C@H](O)[C@H](O[C@H]7O[C@H](CO)[C@@H](O)[C@H](O)[C@H]7O)[C@@](C)(C(=O)O)[C@@H]6CC[C@@]5(C)[C@]3(CO)CC4)O[C@H](C)[C@H](O)[C@@H]2O)[C@H](O)[C@H](O)[C@H]1O[C@@H]1OC[C@H](O[C@@H]2OC[C@](O)(CO[C@@H]3O[C@H](CO)[C@H](O)[C@H](O)[C@H]3O)[C@H]2O)[C@H](O)[C@H]1O. The van der Waals surface area contributed by atoms with Crippen molar-refractivity contribution in [1.29, 1.82) is 0 Å². The molecule has 0 unspecified atom stereocenters. The van der Waals surface area contributed by atoms with Crippen LogP contribution in [0.1, 0.15) is 99.8 Å². The predicted octanol–water partition coefficient (Wildman–Crippen LogP) is -6.87. The summed E-state index contributed by atoms with van der Waals surface area (Å²) >= 11 is 0. The fourth-order valence-corrected chi connectivity index (χ4v) is 18.8. The van der Waals surface area contributed by atoms with Crippen LogP contribution in [0, 0.1) is 50.2 Å². The van der Waals surface area contributed by atoms with Crippen LogP contribution in [-0.4, -0.2) is 332 Å². The van der Waals surface area contributed by atoms with Gasteiger partial charge in [0.05, 0.1) is 68.8 Å². The summed E-state index contributed by atoms with van der Waals surface area (Å²) in [7, 11) is 0. The van der Waals surface area contributed by atoms with Crippen molar-refractivity contribution < 1.29 is 168 Å². The van der Waals surface area contributed by atoms with Gasteiger partial charge < -0.3 is 154 Å². The topological polar surface area (TPSA) is 546 Å². The normalized spacial score (nSPS) is 54.1. The van der Waals surface area contributed by atoms with Crippen molar-refractivity contribution in [2.24, 2.45) is 50.2 Å². The molecule has 98 heavy (non-hydrogen) atoms. The molecule has 0 aromatic carbocycles. The van der Waals surface area contributed by atoms with Crippen molar-refractivity contribution in [3.63, 3.8) is 0 Å². The van der Waals surface area contributed by atoms with Crippen molar-refractivity contribution in [3.05, 3.63) is 11.6 Å². The number of ketones is 1. The van der Waals surface area contributed by atoms with Gasteiger partial charge >= 0.3 is 11.9 Å². The molecule has 0 radical (unpaired) electrons. The quantitative estimate of drug-likeness (QED) is 0.0475. The highest BCUT2D eigenvalue weighted by Crippen LogP contribution is 2.76. The van der Waals surface area contributed by atoms with Crippen LogP contribution in [0.25, 0.3) is 0 Å². The van der Waals surface area contributed by atoms with Crippen molar-refractivity contribution in [2.45, 2.75) is 277 Å². The van der Waals surface area contributed by atoms with Gasteiger partial charge in [-0.25, -0.2) is 0 Å². The van der Waals surface area contributed by atoms with E-state index in [-0.39, 0.29) is 38.5 Å². The summed E-state index contributed by atoms with van der Waals surface area (Å²) in [6.07, 6.45) is -45.4. The second-order valence-corrected chi connectivity index (χ2v) is 31.0. The number of aliphatic hydroxyl groups is 18. The average Bonchev–Trinajstić information content (AvgIpc) is 0.706. The minimum Gasteiger partial charge on any atom is -0.481 e. The third kappa shape index (κ3) is 12.5. The van der Waals surface area contributed by atoms with E-state index < -0.39 is 285 Å². The Morgan fingerprint density at radius 2 is 1.15 bits per heavy atom. The summed E-state index contributed by atoms with van der Waals surface area (Å²) in [5.74, 6) is -5.41. The van der Waals surface area contributed by atoms with E-state index in [1.54, 1.807) is 6.92 Å². The molecular weight excluding hydrogens is 1310 g/mol. The van der Waals surface area contributed by atoms with E-state index in [0.717, 1.165) is 0 Å². The van der Waals surface area contributed by atoms with Crippen LogP contribution in [0.15, 0.2) is 11.6 Å². The van der Waals surface area contributed by atoms with E-state index in [4.69, 9.17) is 56.8 Å². The molecular formula is C64H100O34. The van der Waals surface area contributed by atoms with Gasteiger partial charge in [-0.3, -0.25) is 14.4 Å². The summed E-state index contributed by atoms with van der Waals surface area (Å²) in [5, 5.41) is 209. The first-order valence-electron chi connectivity index (χ1n) is 33.7. The Bertz CT molecular complexity index is 2890. The van der Waals surface area contributed by atoms with E-state index in [1.165, 1.54) is 26.8 Å². The van der Waals surface area contributed by atoms with Gasteiger partial charge in [0.2, 0.25) is 6.29 Å². The van der Waals surface area contributed by atoms with Crippen LogP contribution in [0.2, 0.25) is 0 Å². The number of ether oxygens (including phenoxy) is 12. The van der Waals surface area contributed by atoms with Gasteiger partial charge in [0.25, 0.3) is 0 Å². The minimum atomic E-state index is -2.25. The number of hydrogen-bond donors (Lipinski definition) is 19.